The van der Waals surface area contributed by atoms with Gasteiger partial charge in [0.15, 0.2) is 0 Å². The van der Waals surface area contributed by atoms with Crippen LogP contribution in [0.25, 0.3) is 0 Å². The number of nitro benzene ring substituents is 1. The van der Waals surface area contributed by atoms with Gasteiger partial charge in [-0.2, -0.15) is 0 Å². The maximum Gasteiger partial charge on any atom is 0.271 e. The van der Waals surface area contributed by atoms with E-state index in [1.165, 1.54) is 24.3 Å². The number of hydrogen-bond donors (Lipinski definition) is 1. The van der Waals surface area contributed by atoms with E-state index < -0.39 is 11.0 Å². The van der Waals surface area contributed by atoms with Gasteiger partial charge in [-0.3, -0.25) is 10.1 Å². The Kier molecular flexibility index (Phi) is 6.51. The molecular formula is C15H12Cl3NO5. The maximum absolute atomic E-state index is 10.6. The fourth-order valence-electron chi connectivity index (χ4n) is 1.73. The predicted octanol–water partition coefficient (Wildman–Crippen LogP) is 4.37. The van der Waals surface area contributed by atoms with Crippen LogP contribution in [0, 0.1) is 10.1 Å². The summed E-state index contributed by atoms with van der Waals surface area (Å²) >= 11 is 17.7. The molecule has 0 heterocycles. The number of nitro groups is 1. The average molecular weight is 393 g/mol. The fraction of sp³-hybridized carbons (Fsp3) is 0.200. The molecule has 2 aromatic carbocycles. The van der Waals surface area contributed by atoms with Gasteiger partial charge in [0, 0.05) is 23.2 Å². The van der Waals surface area contributed by atoms with Gasteiger partial charge >= 0.3 is 0 Å². The molecule has 0 aliphatic rings. The summed E-state index contributed by atoms with van der Waals surface area (Å²) in [6.45, 7) is -0.194. The van der Waals surface area contributed by atoms with Gasteiger partial charge in [0.2, 0.25) is 0 Å². The lowest BCUT2D eigenvalue weighted by molar-refractivity contribution is -0.384. The van der Waals surface area contributed by atoms with E-state index >= 15 is 0 Å². The van der Waals surface area contributed by atoms with E-state index in [4.69, 9.17) is 44.3 Å². The summed E-state index contributed by atoms with van der Waals surface area (Å²) < 4.78 is 10.7. The van der Waals surface area contributed by atoms with Gasteiger partial charge in [0.05, 0.1) is 15.0 Å². The Bertz CT molecular complexity index is 741. The van der Waals surface area contributed by atoms with Crippen LogP contribution >= 0.6 is 34.8 Å². The summed E-state index contributed by atoms with van der Waals surface area (Å²) in [5, 5.41) is 21.4. The monoisotopic (exact) mass is 391 g/mol. The van der Waals surface area contributed by atoms with Gasteiger partial charge in [-0.05, 0) is 18.2 Å². The van der Waals surface area contributed by atoms with Crippen LogP contribution < -0.4 is 9.47 Å². The second kappa shape index (κ2) is 8.39. The minimum atomic E-state index is -0.966. The Hall–Kier alpha value is -1.73. The number of aliphatic hydroxyl groups is 1. The van der Waals surface area contributed by atoms with Gasteiger partial charge < -0.3 is 14.6 Å². The van der Waals surface area contributed by atoms with Crippen LogP contribution in [0.4, 0.5) is 5.69 Å². The van der Waals surface area contributed by atoms with E-state index in [9.17, 15) is 15.2 Å². The highest BCUT2D eigenvalue weighted by atomic mass is 35.5. The smallest absolute Gasteiger partial charge is 0.271 e. The van der Waals surface area contributed by atoms with Crippen molar-refractivity contribution in [1.82, 2.24) is 0 Å². The third-order valence-electron chi connectivity index (χ3n) is 2.88. The average Bonchev–Trinajstić information content (AvgIpc) is 2.54. The van der Waals surface area contributed by atoms with Crippen LogP contribution in [0.2, 0.25) is 15.1 Å². The number of rotatable bonds is 7. The van der Waals surface area contributed by atoms with Crippen molar-refractivity contribution in [1.29, 1.82) is 0 Å². The highest BCUT2D eigenvalue weighted by molar-refractivity contribution is 6.34. The zero-order chi connectivity index (χ0) is 17.7. The van der Waals surface area contributed by atoms with Crippen LogP contribution in [0.15, 0.2) is 36.4 Å². The molecule has 2 aromatic rings. The van der Waals surface area contributed by atoms with Crippen LogP contribution in [0.3, 0.4) is 0 Å². The normalized spacial score (nSPS) is 11.8. The number of aliphatic hydroxyl groups excluding tert-OH is 1. The minimum Gasteiger partial charge on any atom is -0.489 e. The van der Waals surface area contributed by atoms with Gasteiger partial charge in [-0.1, -0.05) is 34.8 Å². The number of non-ortho nitro benzene ring substituents is 1. The van der Waals surface area contributed by atoms with Crippen molar-refractivity contribution in [2.24, 2.45) is 0 Å². The molecule has 128 valence electrons. The van der Waals surface area contributed by atoms with Gasteiger partial charge in [0.25, 0.3) is 5.69 Å². The van der Waals surface area contributed by atoms with Crippen molar-refractivity contribution < 1.29 is 19.5 Å². The number of nitrogens with zero attached hydrogens (tertiary/aromatic N) is 1. The van der Waals surface area contributed by atoms with Crippen LogP contribution in [0.5, 0.6) is 11.5 Å². The van der Waals surface area contributed by atoms with Crippen molar-refractivity contribution in [2.75, 3.05) is 13.2 Å². The first kappa shape index (κ1) is 18.6. The highest BCUT2D eigenvalue weighted by Gasteiger charge is 2.13. The second-order valence-electron chi connectivity index (χ2n) is 4.72. The van der Waals surface area contributed by atoms with E-state index in [1.807, 2.05) is 0 Å². The molecule has 1 unspecified atom stereocenters. The molecule has 2 rings (SSSR count). The molecule has 0 bridgehead atoms. The summed E-state index contributed by atoms with van der Waals surface area (Å²) in [5.74, 6) is 0.568. The number of benzene rings is 2. The molecule has 6 nitrogen and oxygen atoms in total. The molecule has 24 heavy (non-hydrogen) atoms. The molecule has 0 saturated heterocycles. The summed E-state index contributed by atoms with van der Waals surface area (Å²) in [7, 11) is 0. The Morgan fingerprint density at radius 1 is 1.00 bits per heavy atom. The van der Waals surface area contributed by atoms with Crippen LogP contribution in [0.1, 0.15) is 0 Å². The zero-order valence-electron chi connectivity index (χ0n) is 12.1. The standard InChI is InChI=1S/C15H12Cl3NO5/c16-9-1-3-12(17)15(5-9)24-8-11(20)7-23-14-4-2-10(19(21)22)6-13(14)18/h1-6,11,20H,7-8H2. The Labute approximate surface area is 152 Å². The maximum atomic E-state index is 10.6. The summed E-state index contributed by atoms with van der Waals surface area (Å²) in [5.41, 5.74) is -0.146. The molecular weight excluding hydrogens is 381 g/mol. The SMILES string of the molecule is O=[N+]([O-])c1ccc(OCC(O)COc2cc(Cl)ccc2Cl)c(Cl)c1. The molecule has 0 aliphatic heterocycles. The number of ether oxygens (including phenoxy) is 2. The molecule has 0 fully saturated rings. The first-order valence-electron chi connectivity index (χ1n) is 6.69. The third kappa shape index (κ3) is 5.14. The lowest BCUT2D eigenvalue weighted by Crippen LogP contribution is -2.25. The summed E-state index contributed by atoms with van der Waals surface area (Å²) in [4.78, 5) is 10.1. The van der Waals surface area contributed by atoms with Crippen molar-refractivity contribution in [3.05, 3.63) is 61.6 Å². The third-order valence-corrected chi connectivity index (χ3v) is 3.72. The summed E-state index contributed by atoms with van der Waals surface area (Å²) in [6, 6.07) is 8.53. The van der Waals surface area contributed by atoms with Crippen molar-refractivity contribution in [3.63, 3.8) is 0 Å². The number of halogens is 3. The first-order valence-corrected chi connectivity index (χ1v) is 7.83. The van der Waals surface area contributed by atoms with E-state index in [1.54, 1.807) is 12.1 Å². The van der Waals surface area contributed by atoms with Gasteiger partial charge in [-0.25, -0.2) is 0 Å². The van der Waals surface area contributed by atoms with Crippen molar-refractivity contribution in [2.45, 2.75) is 6.10 Å². The molecule has 1 N–H and O–H groups in total. The Morgan fingerprint density at radius 3 is 2.29 bits per heavy atom. The van der Waals surface area contributed by atoms with E-state index in [0.29, 0.717) is 15.8 Å². The van der Waals surface area contributed by atoms with Crippen LogP contribution in [-0.2, 0) is 0 Å². The van der Waals surface area contributed by atoms with E-state index in [0.717, 1.165) is 0 Å². The van der Waals surface area contributed by atoms with Crippen molar-refractivity contribution >= 4 is 40.5 Å². The van der Waals surface area contributed by atoms with Crippen LogP contribution in [-0.4, -0.2) is 29.3 Å². The number of hydrogen-bond acceptors (Lipinski definition) is 5. The Morgan fingerprint density at radius 2 is 1.67 bits per heavy atom. The molecule has 0 aliphatic carbocycles. The molecule has 1 atom stereocenters. The molecule has 0 spiro atoms. The van der Waals surface area contributed by atoms with E-state index in [2.05, 4.69) is 0 Å². The highest BCUT2D eigenvalue weighted by Crippen LogP contribution is 2.29. The first-order chi connectivity index (χ1) is 11.4. The quantitative estimate of drug-likeness (QED) is 0.559. The van der Waals surface area contributed by atoms with Gasteiger partial charge in [0.1, 0.15) is 30.8 Å². The largest absolute Gasteiger partial charge is 0.489 e. The fourth-order valence-corrected chi connectivity index (χ4v) is 2.29. The summed E-state index contributed by atoms with van der Waals surface area (Å²) in [6.07, 6.45) is -0.966. The zero-order valence-corrected chi connectivity index (χ0v) is 14.4. The molecule has 0 aromatic heterocycles. The molecule has 0 saturated carbocycles. The lowest BCUT2D eigenvalue weighted by atomic mass is 10.3. The minimum absolute atomic E-state index is 0.0787. The van der Waals surface area contributed by atoms with Crippen molar-refractivity contribution in [3.8, 4) is 11.5 Å². The molecule has 0 amide bonds. The topological polar surface area (TPSA) is 81.8 Å². The lowest BCUT2D eigenvalue weighted by Gasteiger charge is -2.15. The van der Waals surface area contributed by atoms with Gasteiger partial charge in [-0.15, -0.1) is 0 Å². The predicted molar refractivity (Wildman–Crippen MR) is 91.6 cm³/mol. The molecule has 0 radical (unpaired) electrons. The van der Waals surface area contributed by atoms with E-state index in [-0.39, 0.29) is 29.7 Å². The second-order valence-corrected chi connectivity index (χ2v) is 5.97. The Balaban J connectivity index is 1.88. The molecule has 9 heteroatoms.